The standard InChI is InChI=1S/C15H13F2NO2.CH5N/c1-2-9-3-4-11-10(5-9)7-18(8-15(11,16)17)12-6-13(19)14(12)20;1-2/h3-6H,2,7-8H2,1H3;2H2,1H3. The van der Waals surface area contributed by atoms with E-state index in [0.717, 1.165) is 18.1 Å². The smallest absolute Gasteiger partial charge is 0.290 e. The lowest BCUT2D eigenvalue weighted by Crippen LogP contribution is -2.46. The number of nitrogens with two attached hydrogens (primary N) is 1. The van der Waals surface area contributed by atoms with Crippen molar-refractivity contribution >= 4 is 5.69 Å². The molecule has 1 heterocycles. The highest BCUT2D eigenvalue weighted by Crippen LogP contribution is 2.38. The third-order valence-corrected chi connectivity index (χ3v) is 3.79. The summed E-state index contributed by atoms with van der Waals surface area (Å²) in [6.45, 7) is 1.64. The van der Waals surface area contributed by atoms with Gasteiger partial charge in [-0.15, -0.1) is 0 Å². The van der Waals surface area contributed by atoms with Gasteiger partial charge in [-0.05, 0) is 24.6 Å². The molecule has 0 spiro atoms. The lowest BCUT2D eigenvalue weighted by Gasteiger charge is -2.36. The van der Waals surface area contributed by atoms with E-state index in [2.05, 4.69) is 5.73 Å². The van der Waals surface area contributed by atoms with Crippen molar-refractivity contribution in [2.75, 3.05) is 18.5 Å². The Hall–Kier alpha value is -2.08. The molecule has 0 saturated carbocycles. The van der Waals surface area contributed by atoms with Crippen molar-refractivity contribution < 1.29 is 8.78 Å². The van der Waals surface area contributed by atoms with Crippen molar-refractivity contribution in [1.82, 2.24) is 0 Å². The van der Waals surface area contributed by atoms with E-state index in [4.69, 9.17) is 0 Å². The molecule has 0 atom stereocenters. The molecule has 0 saturated heterocycles. The minimum atomic E-state index is -3.01. The Labute approximate surface area is 126 Å². The number of halogens is 2. The zero-order valence-corrected chi connectivity index (χ0v) is 12.5. The molecular weight excluding hydrogens is 290 g/mol. The van der Waals surface area contributed by atoms with E-state index in [0.29, 0.717) is 5.56 Å². The van der Waals surface area contributed by atoms with Crippen LogP contribution in [0.25, 0.3) is 0 Å². The van der Waals surface area contributed by atoms with Crippen LogP contribution in [0.3, 0.4) is 0 Å². The lowest BCUT2D eigenvalue weighted by molar-refractivity contribution is -0.00255. The predicted octanol–water partition coefficient (Wildman–Crippen LogP) is 1.53. The van der Waals surface area contributed by atoms with Crippen LogP contribution in [0.5, 0.6) is 0 Å². The van der Waals surface area contributed by atoms with Gasteiger partial charge in [-0.25, -0.2) is 0 Å². The highest BCUT2D eigenvalue weighted by Gasteiger charge is 2.41. The van der Waals surface area contributed by atoms with Gasteiger partial charge in [0.25, 0.3) is 5.92 Å². The van der Waals surface area contributed by atoms with Gasteiger partial charge in [0.05, 0.1) is 12.2 Å². The van der Waals surface area contributed by atoms with Crippen LogP contribution in [-0.2, 0) is 18.9 Å². The molecule has 0 fully saturated rings. The second kappa shape index (κ2) is 5.96. The summed E-state index contributed by atoms with van der Waals surface area (Å²) in [6.07, 6.45) is 0.763. The molecule has 2 aromatic carbocycles. The number of hydrogen-bond donors (Lipinski definition) is 1. The SMILES string of the molecule is CCc1ccc2c(c1)CN(c1cc(=O)c1=O)CC2(F)F.CN. The van der Waals surface area contributed by atoms with Crippen molar-refractivity contribution in [3.05, 3.63) is 61.4 Å². The van der Waals surface area contributed by atoms with Crippen LogP contribution < -0.4 is 21.5 Å². The Morgan fingerprint density at radius 3 is 2.45 bits per heavy atom. The van der Waals surface area contributed by atoms with E-state index in [9.17, 15) is 18.4 Å². The average molecular weight is 308 g/mol. The van der Waals surface area contributed by atoms with Gasteiger partial charge in [0.1, 0.15) is 0 Å². The number of anilines is 1. The van der Waals surface area contributed by atoms with E-state index in [1.165, 1.54) is 18.0 Å². The Balaban J connectivity index is 0.000000847. The first-order valence-corrected chi connectivity index (χ1v) is 7.05. The molecule has 0 bridgehead atoms. The highest BCUT2D eigenvalue weighted by atomic mass is 19.3. The van der Waals surface area contributed by atoms with Crippen LogP contribution >= 0.6 is 0 Å². The maximum atomic E-state index is 14.2. The van der Waals surface area contributed by atoms with Crippen molar-refractivity contribution in [3.63, 3.8) is 0 Å². The van der Waals surface area contributed by atoms with Crippen LogP contribution in [0.2, 0.25) is 0 Å². The molecule has 22 heavy (non-hydrogen) atoms. The topological polar surface area (TPSA) is 63.4 Å². The molecule has 4 nitrogen and oxygen atoms in total. The van der Waals surface area contributed by atoms with Crippen LogP contribution in [0.4, 0.5) is 14.5 Å². The second-order valence-corrected chi connectivity index (χ2v) is 5.13. The minimum Gasteiger partial charge on any atom is -0.357 e. The number of fused-ring (bicyclic) bond motifs is 1. The quantitative estimate of drug-likeness (QED) is 0.855. The van der Waals surface area contributed by atoms with Crippen molar-refractivity contribution in [2.24, 2.45) is 5.73 Å². The van der Waals surface area contributed by atoms with Crippen molar-refractivity contribution in [1.29, 1.82) is 0 Å². The van der Waals surface area contributed by atoms with E-state index in [1.807, 2.05) is 6.92 Å². The van der Waals surface area contributed by atoms with Gasteiger partial charge >= 0.3 is 0 Å². The number of aryl methyl sites for hydroxylation is 1. The molecule has 2 aromatic rings. The van der Waals surface area contributed by atoms with Gasteiger partial charge in [-0.2, -0.15) is 8.78 Å². The molecule has 0 amide bonds. The Morgan fingerprint density at radius 2 is 1.91 bits per heavy atom. The molecule has 0 aliphatic carbocycles. The van der Waals surface area contributed by atoms with E-state index in [-0.39, 0.29) is 17.8 Å². The fourth-order valence-corrected chi connectivity index (χ4v) is 2.65. The summed E-state index contributed by atoms with van der Waals surface area (Å²) in [4.78, 5) is 23.7. The summed E-state index contributed by atoms with van der Waals surface area (Å²) < 4.78 is 28.3. The molecule has 118 valence electrons. The molecule has 2 N–H and O–H groups in total. The maximum absolute atomic E-state index is 14.2. The maximum Gasteiger partial charge on any atom is 0.290 e. The fraction of sp³-hybridized carbons (Fsp3) is 0.375. The average Bonchev–Trinajstić information content (AvgIpc) is 2.52. The zero-order valence-electron chi connectivity index (χ0n) is 12.5. The second-order valence-electron chi connectivity index (χ2n) is 5.13. The Morgan fingerprint density at radius 1 is 1.23 bits per heavy atom. The third kappa shape index (κ3) is 2.66. The minimum absolute atomic E-state index is 0.0182. The van der Waals surface area contributed by atoms with Gasteiger partial charge in [0, 0.05) is 18.2 Å². The number of nitrogens with zero attached hydrogens (tertiary/aromatic N) is 1. The summed E-state index contributed by atoms with van der Waals surface area (Å²) in [5.41, 5.74) is 4.83. The molecule has 3 rings (SSSR count). The predicted molar refractivity (Wildman–Crippen MR) is 82.2 cm³/mol. The van der Waals surface area contributed by atoms with E-state index < -0.39 is 23.3 Å². The lowest BCUT2D eigenvalue weighted by atomic mass is 9.93. The number of benzene rings is 1. The first-order chi connectivity index (χ1) is 10.4. The summed E-state index contributed by atoms with van der Waals surface area (Å²) in [6, 6.07) is 6.06. The van der Waals surface area contributed by atoms with Crippen molar-refractivity contribution in [3.8, 4) is 0 Å². The van der Waals surface area contributed by atoms with Gasteiger partial charge < -0.3 is 10.6 Å². The van der Waals surface area contributed by atoms with E-state index in [1.54, 1.807) is 12.1 Å². The number of rotatable bonds is 2. The summed E-state index contributed by atoms with van der Waals surface area (Å²) in [5.74, 6) is -3.01. The van der Waals surface area contributed by atoms with Crippen LogP contribution in [0, 0.1) is 0 Å². The molecule has 1 aliphatic rings. The number of alkyl halides is 2. The summed E-state index contributed by atoms with van der Waals surface area (Å²) in [5, 5.41) is 0. The first kappa shape index (κ1) is 16.3. The fourth-order valence-electron chi connectivity index (χ4n) is 2.65. The number of hydrogen-bond acceptors (Lipinski definition) is 4. The van der Waals surface area contributed by atoms with Gasteiger partial charge in [0.2, 0.25) is 10.9 Å². The van der Waals surface area contributed by atoms with Crippen molar-refractivity contribution in [2.45, 2.75) is 25.8 Å². The highest BCUT2D eigenvalue weighted by molar-refractivity contribution is 5.54. The summed E-state index contributed by atoms with van der Waals surface area (Å²) in [7, 11) is 1.50. The molecule has 0 aromatic heterocycles. The Bertz CT molecular complexity index is 749. The normalized spacial score (nSPS) is 16.0. The monoisotopic (exact) mass is 308 g/mol. The van der Waals surface area contributed by atoms with Crippen LogP contribution in [0.15, 0.2) is 33.9 Å². The van der Waals surface area contributed by atoms with Crippen LogP contribution in [-0.4, -0.2) is 13.6 Å². The molecule has 6 heteroatoms. The Kier molecular flexibility index (Phi) is 4.42. The zero-order chi connectivity index (χ0) is 16.5. The van der Waals surface area contributed by atoms with Crippen LogP contribution in [0.1, 0.15) is 23.6 Å². The van der Waals surface area contributed by atoms with Gasteiger partial charge in [0.15, 0.2) is 0 Å². The van der Waals surface area contributed by atoms with Gasteiger partial charge in [-0.1, -0.05) is 25.1 Å². The molecule has 0 radical (unpaired) electrons. The third-order valence-electron chi connectivity index (χ3n) is 3.79. The first-order valence-electron chi connectivity index (χ1n) is 7.05. The largest absolute Gasteiger partial charge is 0.357 e. The molecule has 1 aliphatic heterocycles. The summed E-state index contributed by atoms with van der Waals surface area (Å²) >= 11 is 0. The molecular formula is C16H18F2N2O2. The molecule has 0 unspecified atom stereocenters. The van der Waals surface area contributed by atoms with E-state index >= 15 is 0 Å². The van der Waals surface area contributed by atoms with Gasteiger partial charge in [-0.3, -0.25) is 9.59 Å².